The van der Waals surface area contributed by atoms with E-state index in [1.165, 1.54) is 11.3 Å². The van der Waals surface area contributed by atoms with Gasteiger partial charge < -0.3 is 16.0 Å². The summed E-state index contributed by atoms with van der Waals surface area (Å²) in [6.07, 6.45) is 1.98. The largest absolute Gasteiger partial charge is 0.398 e. The molecule has 2 aromatic rings. The van der Waals surface area contributed by atoms with Crippen molar-refractivity contribution in [2.45, 2.75) is 39.7 Å². The van der Waals surface area contributed by atoms with Gasteiger partial charge in [-0.3, -0.25) is 4.79 Å². The molecule has 1 aliphatic rings. The van der Waals surface area contributed by atoms with Gasteiger partial charge in [-0.05, 0) is 51.3 Å². The Morgan fingerprint density at radius 2 is 2.22 bits per heavy atom. The predicted octanol–water partition coefficient (Wildman–Crippen LogP) is 3.12. The van der Waals surface area contributed by atoms with Crippen LogP contribution in [0.2, 0.25) is 0 Å². The molecule has 0 spiro atoms. The van der Waals surface area contributed by atoms with Gasteiger partial charge in [0, 0.05) is 22.8 Å². The summed E-state index contributed by atoms with van der Waals surface area (Å²) in [5.41, 5.74) is 10.1. The van der Waals surface area contributed by atoms with Crippen LogP contribution in [0.1, 0.15) is 29.5 Å². The number of fused-ring (bicyclic) bond motifs is 1. The lowest BCUT2D eigenvalue weighted by Crippen LogP contribution is -2.44. The molecule has 1 aromatic heterocycles. The summed E-state index contributed by atoms with van der Waals surface area (Å²) in [6, 6.07) is 5.66. The number of thiazole rings is 1. The van der Waals surface area contributed by atoms with Gasteiger partial charge in [0.25, 0.3) is 0 Å². The summed E-state index contributed by atoms with van der Waals surface area (Å²) in [6.45, 7) is 6.76. The van der Waals surface area contributed by atoms with Crippen molar-refractivity contribution in [3.8, 4) is 0 Å². The van der Waals surface area contributed by atoms with Crippen molar-refractivity contribution >= 4 is 33.8 Å². The number of aromatic nitrogens is 1. The number of nitrogens with zero attached hydrogens (tertiary/aromatic N) is 2. The van der Waals surface area contributed by atoms with Gasteiger partial charge in [-0.2, -0.15) is 0 Å². The highest BCUT2D eigenvalue weighted by atomic mass is 32.1. The zero-order valence-electron chi connectivity index (χ0n) is 13.7. The predicted molar refractivity (Wildman–Crippen MR) is 96.2 cm³/mol. The Morgan fingerprint density at radius 1 is 1.43 bits per heavy atom. The topological polar surface area (TPSA) is 71.2 Å². The monoisotopic (exact) mass is 330 g/mol. The summed E-state index contributed by atoms with van der Waals surface area (Å²) in [5, 5.41) is 3.61. The van der Waals surface area contributed by atoms with E-state index in [1.807, 2.05) is 39.0 Å². The number of nitrogen functional groups attached to an aromatic ring is 1. The number of nitrogens with one attached hydrogen (secondary N) is 1. The van der Waals surface area contributed by atoms with Crippen molar-refractivity contribution in [1.29, 1.82) is 0 Å². The molecule has 1 aromatic carbocycles. The standard InChI is InChI=1S/C17H22N4OS/c1-10-12(3)23-17(19-10)20-16(22)11(2)21-9-5-6-13-14(18)7-4-8-15(13)21/h4,7-8,11H,5-6,9,18H2,1-3H3,(H,19,20,22). The zero-order valence-corrected chi connectivity index (χ0v) is 14.5. The van der Waals surface area contributed by atoms with Crippen LogP contribution in [-0.4, -0.2) is 23.5 Å². The van der Waals surface area contributed by atoms with E-state index in [4.69, 9.17) is 5.73 Å². The van der Waals surface area contributed by atoms with Crippen molar-refractivity contribution in [3.63, 3.8) is 0 Å². The minimum Gasteiger partial charge on any atom is -0.398 e. The number of hydrogen-bond donors (Lipinski definition) is 2. The highest BCUT2D eigenvalue weighted by molar-refractivity contribution is 7.15. The van der Waals surface area contributed by atoms with Crippen molar-refractivity contribution in [3.05, 3.63) is 34.3 Å². The second kappa shape index (κ2) is 6.20. The van der Waals surface area contributed by atoms with E-state index >= 15 is 0 Å². The number of rotatable bonds is 3. The van der Waals surface area contributed by atoms with Crippen LogP contribution in [0.5, 0.6) is 0 Å². The Bertz CT molecular complexity index is 721. The molecule has 3 rings (SSSR count). The van der Waals surface area contributed by atoms with Gasteiger partial charge in [0.1, 0.15) is 6.04 Å². The van der Waals surface area contributed by atoms with Crippen LogP contribution in [0, 0.1) is 13.8 Å². The van der Waals surface area contributed by atoms with E-state index in [0.29, 0.717) is 5.13 Å². The molecule has 1 aliphatic heterocycles. The van der Waals surface area contributed by atoms with Gasteiger partial charge in [0.05, 0.1) is 5.69 Å². The molecule has 0 saturated heterocycles. The highest BCUT2D eigenvalue weighted by Gasteiger charge is 2.27. The molecule has 3 N–H and O–H groups in total. The molecule has 0 bridgehead atoms. The summed E-state index contributed by atoms with van der Waals surface area (Å²) in [4.78, 5) is 20.3. The van der Waals surface area contributed by atoms with Gasteiger partial charge in [0.2, 0.25) is 5.91 Å². The van der Waals surface area contributed by atoms with E-state index < -0.39 is 0 Å². The average Bonchev–Trinajstić information content (AvgIpc) is 2.84. The number of aryl methyl sites for hydroxylation is 2. The van der Waals surface area contributed by atoms with Crippen LogP contribution >= 0.6 is 11.3 Å². The minimum atomic E-state index is -0.264. The summed E-state index contributed by atoms with van der Waals surface area (Å²) >= 11 is 1.51. The van der Waals surface area contributed by atoms with Gasteiger partial charge in [-0.25, -0.2) is 4.98 Å². The third kappa shape index (κ3) is 3.03. The van der Waals surface area contributed by atoms with Crippen molar-refractivity contribution in [1.82, 2.24) is 4.98 Å². The van der Waals surface area contributed by atoms with Crippen molar-refractivity contribution < 1.29 is 4.79 Å². The van der Waals surface area contributed by atoms with E-state index in [-0.39, 0.29) is 11.9 Å². The lowest BCUT2D eigenvalue weighted by Gasteiger charge is -2.35. The quantitative estimate of drug-likeness (QED) is 0.848. The molecule has 6 heteroatoms. The average molecular weight is 330 g/mol. The number of amides is 1. The molecule has 0 saturated carbocycles. The molecule has 5 nitrogen and oxygen atoms in total. The maximum atomic E-state index is 12.6. The Labute approximate surface area is 140 Å². The molecule has 1 atom stereocenters. The first-order chi connectivity index (χ1) is 11.0. The van der Waals surface area contributed by atoms with Crippen LogP contribution in [0.25, 0.3) is 0 Å². The first-order valence-corrected chi connectivity index (χ1v) is 8.68. The normalized spacial score (nSPS) is 15.2. The number of hydrogen-bond acceptors (Lipinski definition) is 5. The van der Waals surface area contributed by atoms with Gasteiger partial charge in [0.15, 0.2) is 5.13 Å². The number of anilines is 3. The third-order valence-corrected chi connectivity index (χ3v) is 5.42. The Balaban J connectivity index is 1.79. The molecule has 0 fully saturated rings. The highest BCUT2D eigenvalue weighted by Crippen LogP contribution is 2.32. The van der Waals surface area contributed by atoms with Gasteiger partial charge in [-0.15, -0.1) is 11.3 Å². The van der Waals surface area contributed by atoms with E-state index in [2.05, 4.69) is 15.2 Å². The molecule has 0 aliphatic carbocycles. The van der Waals surface area contributed by atoms with Gasteiger partial charge in [-0.1, -0.05) is 6.07 Å². The molecule has 1 unspecified atom stereocenters. The fourth-order valence-corrected chi connectivity index (χ4v) is 3.78. The number of nitrogens with two attached hydrogens (primary N) is 1. The fraction of sp³-hybridized carbons (Fsp3) is 0.412. The van der Waals surface area contributed by atoms with E-state index in [0.717, 1.165) is 46.9 Å². The van der Waals surface area contributed by atoms with E-state index in [9.17, 15) is 4.79 Å². The molecular weight excluding hydrogens is 308 g/mol. The van der Waals surface area contributed by atoms with Crippen molar-refractivity contribution in [2.24, 2.45) is 0 Å². The molecule has 23 heavy (non-hydrogen) atoms. The first kappa shape index (κ1) is 15.8. The molecule has 122 valence electrons. The van der Waals surface area contributed by atoms with Gasteiger partial charge >= 0.3 is 0 Å². The number of carbonyl (C=O) groups is 1. The summed E-state index contributed by atoms with van der Waals surface area (Å²) < 4.78 is 0. The third-order valence-electron chi connectivity index (χ3n) is 4.43. The van der Waals surface area contributed by atoms with Crippen LogP contribution in [-0.2, 0) is 11.2 Å². The summed E-state index contributed by atoms with van der Waals surface area (Å²) in [5.74, 6) is -0.0333. The number of benzene rings is 1. The second-order valence-corrected chi connectivity index (χ2v) is 7.17. The Kier molecular flexibility index (Phi) is 4.26. The molecular formula is C17H22N4OS. The Morgan fingerprint density at radius 3 is 2.91 bits per heavy atom. The van der Waals surface area contributed by atoms with Crippen LogP contribution in [0.3, 0.4) is 0 Å². The maximum Gasteiger partial charge on any atom is 0.248 e. The first-order valence-electron chi connectivity index (χ1n) is 7.86. The van der Waals surface area contributed by atoms with Crippen LogP contribution < -0.4 is 16.0 Å². The SMILES string of the molecule is Cc1nc(NC(=O)C(C)N2CCCc3c(N)cccc32)sc1C. The molecule has 2 heterocycles. The maximum absolute atomic E-state index is 12.6. The second-order valence-electron chi connectivity index (χ2n) is 5.97. The smallest absolute Gasteiger partial charge is 0.248 e. The van der Waals surface area contributed by atoms with Crippen LogP contribution in [0.15, 0.2) is 18.2 Å². The van der Waals surface area contributed by atoms with Crippen molar-refractivity contribution in [2.75, 3.05) is 22.5 Å². The number of carbonyl (C=O) groups excluding carboxylic acids is 1. The Hall–Kier alpha value is -2.08. The molecule has 1 amide bonds. The zero-order chi connectivity index (χ0) is 16.6. The van der Waals surface area contributed by atoms with Crippen LogP contribution in [0.4, 0.5) is 16.5 Å². The fourth-order valence-electron chi connectivity index (χ4n) is 2.96. The van der Waals surface area contributed by atoms with E-state index in [1.54, 1.807) is 0 Å². The lowest BCUT2D eigenvalue weighted by atomic mass is 9.98. The lowest BCUT2D eigenvalue weighted by molar-refractivity contribution is -0.117. The molecule has 0 radical (unpaired) electrons. The minimum absolute atomic E-state index is 0.0333. The summed E-state index contributed by atoms with van der Waals surface area (Å²) in [7, 11) is 0.